The highest BCUT2D eigenvalue weighted by molar-refractivity contribution is 5.85. The lowest BCUT2D eigenvalue weighted by atomic mass is 10.1. The summed E-state index contributed by atoms with van der Waals surface area (Å²) in [6.45, 7) is 1.43. The number of benzene rings is 1. The first kappa shape index (κ1) is 13.8. The first-order chi connectivity index (χ1) is 9.19. The van der Waals surface area contributed by atoms with Crippen molar-refractivity contribution in [2.24, 2.45) is 5.73 Å². The van der Waals surface area contributed by atoms with Crippen molar-refractivity contribution in [3.8, 4) is 0 Å². The summed E-state index contributed by atoms with van der Waals surface area (Å²) >= 11 is 0. The number of carbonyl (C=O) groups excluding carboxylic acids is 1. The Kier molecular flexibility index (Phi) is 4.34. The van der Waals surface area contributed by atoms with Crippen molar-refractivity contribution in [2.45, 2.75) is 12.6 Å². The van der Waals surface area contributed by atoms with Crippen molar-refractivity contribution < 1.29 is 13.9 Å². The van der Waals surface area contributed by atoms with Crippen LogP contribution in [-0.4, -0.2) is 38.8 Å². The largest absolute Gasteiger partial charge is 0.377 e. The Morgan fingerprint density at radius 1 is 1.63 bits per heavy atom. The van der Waals surface area contributed by atoms with Crippen LogP contribution < -0.4 is 16.0 Å². The molecule has 1 unspecified atom stereocenters. The topological polar surface area (TPSA) is 67.6 Å². The third-order valence-electron chi connectivity index (χ3n) is 3.29. The molecule has 104 valence electrons. The van der Waals surface area contributed by atoms with E-state index in [0.29, 0.717) is 31.0 Å². The van der Waals surface area contributed by atoms with Crippen LogP contribution >= 0.6 is 0 Å². The highest BCUT2D eigenvalue weighted by atomic mass is 19.1. The standard InChI is InChI=1S/C13H18FN3O2/c1-16-13(18)12-8-19-6-5-17(12)11-4-2-3-10(14)9(11)7-15/h2-4,12H,5-8,15H2,1H3,(H,16,18). The number of nitrogens with zero attached hydrogens (tertiary/aromatic N) is 1. The number of hydrogen-bond donors (Lipinski definition) is 2. The molecule has 0 spiro atoms. The first-order valence-corrected chi connectivity index (χ1v) is 6.22. The van der Waals surface area contributed by atoms with E-state index < -0.39 is 6.04 Å². The highest BCUT2D eigenvalue weighted by Gasteiger charge is 2.30. The molecule has 5 nitrogen and oxygen atoms in total. The van der Waals surface area contributed by atoms with E-state index in [1.807, 2.05) is 4.90 Å². The Hall–Kier alpha value is -1.66. The van der Waals surface area contributed by atoms with Crippen LogP contribution in [0.5, 0.6) is 0 Å². The van der Waals surface area contributed by atoms with E-state index in [2.05, 4.69) is 5.32 Å². The molecule has 1 heterocycles. The van der Waals surface area contributed by atoms with Gasteiger partial charge in [0.15, 0.2) is 0 Å². The van der Waals surface area contributed by atoms with Crippen LogP contribution in [0.1, 0.15) is 5.56 Å². The lowest BCUT2D eigenvalue weighted by Gasteiger charge is -2.37. The minimum atomic E-state index is -0.453. The molecule has 0 aromatic heterocycles. The van der Waals surface area contributed by atoms with Gasteiger partial charge in [-0.1, -0.05) is 6.07 Å². The summed E-state index contributed by atoms with van der Waals surface area (Å²) in [4.78, 5) is 13.7. The number of amides is 1. The van der Waals surface area contributed by atoms with Gasteiger partial charge in [0, 0.05) is 31.4 Å². The number of rotatable bonds is 3. The van der Waals surface area contributed by atoms with Crippen molar-refractivity contribution >= 4 is 11.6 Å². The van der Waals surface area contributed by atoms with Gasteiger partial charge in [-0.05, 0) is 12.1 Å². The number of likely N-dealkylation sites (N-methyl/N-ethyl adjacent to an activating group) is 1. The average molecular weight is 267 g/mol. The number of carbonyl (C=O) groups is 1. The molecule has 2 rings (SSSR count). The highest BCUT2D eigenvalue weighted by Crippen LogP contribution is 2.26. The van der Waals surface area contributed by atoms with E-state index >= 15 is 0 Å². The maximum atomic E-state index is 13.8. The number of hydrogen-bond acceptors (Lipinski definition) is 4. The Morgan fingerprint density at radius 3 is 3.11 bits per heavy atom. The molecule has 1 saturated heterocycles. The summed E-state index contributed by atoms with van der Waals surface area (Å²) < 4.78 is 19.1. The van der Waals surface area contributed by atoms with Gasteiger partial charge in [0.2, 0.25) is 5.91 Å². The summed E-state index contributed by atoms with van der Waals surface area (Å²) in [5.41, 5.74) is 6.71. The van der Waals surface area contributed by atoms with Gasteiger partial charge < -0.3 is 20.7 Å². The van der Waals surface area contributed by atoms with Gasteiger partial charge in [0.05, 0.1) is 13.2 Å². The van der Waals surface area contributed by atoms with Gasteiger partial charge in [0.1, 0.15) is 11.9 Å². The quantitative estimate of drug-likeness (QED) is 0.823. The predicted molar refractivity (Wildman–Crippen MR) is 70.3 cm³/mol. The van der Waals surface area contributed by atoms with Gasteiger partial charge >= 0.3 is 0 Å². The molecule has 0 bridgehead atoms. The Balaban J connectivity index is 2.37. The monoisotopic (exact) mass is 267 g/mol. The number of anilines is 1. The lowest BCUT2D eigenvalue weighted by molar-refractivity contribution is -0.124. The average Bonchev–Trinajstić information content (AvgIpc) is 2.46. The fourth-order valence-electron chi connectivity index (χ4n) is 2.29. The van der Waals surface area contributed by atoms with Crippen LogP contribution in [0.3, 0.4) is 0 Å². The number of halogens is 1. The molecule has 6 heteroatoms. The zero-order chi connectivity index (χ0) is 13.8. The molecule has 1 aromatic carbocycles. The normalized spacial score (nSPS) is 19.3. The minimum absolute atomic E-state index is 0.0971. The van der Waals surface area contributed by atoms with Crippen LogP contribution in [0, 0.1) is 5.82 Å². The second kappa shape index (κ2) is 5.99. The van der Waals surface area contributed by atoms with Crippen molar-refractivity contribution in [3.63, 3.8) is 0 Å². The fraction of sp³-hybridized carbons (Fsp3) is 0.462. The van der Waals surface area contributed by atoms with Gasteiger partial charge in [-0.15, -0.1) is 0 Å². The molecule has 1 amide bonds. The van der Waals surface area contributed by atoms with E-state index in [9.17, 15) is 9.18 Å². The van der Waals surface area contributed by atoms with Crippen LogP contribution in [-0.2, 0) is 16.1 Å². The molecular weight excluding hydrogens is 249 g/mol. The summed E-state index contributed by atoms with van der Waals surface area (Å²) in [7, 11) is 1.57. The van der Waals surface area contributed by atoms with E-state index in [0.717, 1.165) is 0 Å². The SMILES string of the molecule is CNC(=O)C1COCCN1c1cccc(F)c1CN. The van der Waals surface area contributed by atoms with Gasteiger partial charge in [-0.3, -0.25) is 4.79 Å². The summed E-state index contributed by atoms with van der Waals surface area (Å²) in [6, 6.07) is 4.33. The predicted octanol–water partition coefficient (Wildman–Crippen LogP) is 0.236. The van der Waals surface area contributed by atoms with E-state index in [1.165, 1.54) is 6.07 Å². The Labute approximate surface area is 111 Å². The Morgan fingerprint density at radius 2 is 2.42 bits per heavy atom. The van der Waals surface area contributed by atoms with Crippen LogP contribution in [0.2, 0.25) is 0 Å². The van der Waals surface area contributed by atoms with E-state index in [1.54, 1.807) is 19.2 Å². The molecule has 3 N–H and O–H groups in total. The zero-order valence-corrected chi connectivity index (χ0v) is 10.9. The third-order valence-corrected chi connectivity index (χ3v) is 3.29. The Bertz CT molecular complexity index is 467. The van der Waals surface area contributed by atoms with Crippen molar-refractivity contribution in [1.29, 1.82) is 0 Å². The fourth-order valence-corrected chi connectivity index (χ4v) is 2.29. The maximum Gasteiger partial charge on any atom is 0.244 e. The number of nitrogens with two attached hydrogens (primary N) is 1. The smallest absolute Gasteiger partial charge is 0.244 e. The first-order valence-electron chi connectivity index (χ1n) is 6.22. The van der Waals surface area contributed by atoms with Crippen molar-refractivity contribution in [3.05, 3.63) is 29.6 Å². The molecule has 0 aliphatic carbocycles. The van der Waals surface area contributed by atoms with E-state index in [4.69, 9.17) is 10.5 Å². The lowest BCUT2D eigenvalue weighted by Crippen LogP contribution is -2.53. The molecule has 0 radical (unpaired) electrons. The summed E-state index contributed by atoms with van der Waals surface area (Å²) in [6.07, 6.45) is 0. The summed E-state index contributed by atoms with van der Waals surface area (Å²) in [5, 5.41) is 2.60. The molecule has 1 fully saturated rings. The molecule has 19 heavy (non-hydrogen) atoms. The second-order valence-electron chi connectivity index (χ2n) is 4.34. The van der Waals surface area contributed by atoms with Crippen LogP contribution in [0.15, 0.2) is 18.2 Å². The number of nitrogens with one attached hydrogen (secondary N) is 1. The third kappa shape index (κ3) is 2.69. The molecule has 1 atom stereocenters. The second-order valence-corrected chi connectivity index (χ2v) is 4.34. The van der Waals surface area contributed by atoms with E-state index in [-0.39, 0.29) is 18.3 Å². The molecule has 1 aliphatic heterocycles. The molecule has 1 aliphatic rings. The number of morpholine rings is 1. The van der Waals surface area contributed by atoms with Crippen molar-refractivity contribution in [2.75, 3.05) is 31.7 Å². The van der Waals surface area contributed by atoms with Crippen molar-refractivity contribution in [1.82, 2.24) is 5.32 Å². The van der Waals surface area contributed by atoms with Crippen LogP contribution in [0.4, 0.5) is 10.1 Å². The van der Waals surface area contributed by atoms with Gasteiger partial charge in [-0.25, -0.2) is 4.39 Å². The molecular formula is C13H18FN3O2. The molecule has 0 saturated carbocycles. The van der Waals surface area contributed by atoms with Crippen LogP contribution in [0.25, 0.3) is 0 Å². The maximum absolute atomic E-state index is 13.8. The molecule has 1 aromatic rings. The van der Waals surface area contributed by atoms with Gasteiger partial charge in [0.25, 0.3) is 0 Å². The van der Waals surface area contributed by atoms with Gasteiger partial charge in [-0.2, -0.15) is 0 Å². The number of ether oxygens (including phenoxy) is 1. The summed E-state index contributed by atoms with van der Waals surface area (Å²) in [5.74, 6) is -0.492. The zero-order valence-electron chi connectivity index (χ0n) is 10.9. The minimum Gasteiger partial charge on any atom is -0.377 e.